The molecule has 5 aromatic rings. The number of aliphatic hydroxyl groups is 2. The van der Waals surface area contributed by atoms with E-state index in [1.54, 1.807) is 12.1 Å². The Balaban J connectivity index is 1.25. The van der Waals surface area contributed by atoms with Gasteiger partial charge in [-0.05, 0) is 35.2 Å². The van der Waals surface area contributed by atoms with Gasteiger partial charge in [0.25, 0.3) is 0 Å². The molecule has 11 nitrogen and oxygen atoms in total. The molecule has 0 saturated carbocycles. The smallest absolute Gasteiger partial charge is 0.450 e. The van der Waals surface area contributed by atoms with Crippen molar-refractivity contribution in [2.75, 3.05) is 36.5 Å². The van der Waals surface area contributed by atoms with Gasteiger partial charge in [0.1, 0.15) is 18.0 Å². The molecule has 5 atom stereocenters. The second-order valence-corrected chi connectivity index (χ2v) is 12.5. The van der Waals surface area contributed by atoms with E-state index in [2.05, 4.69) is 15.0 Å². The fourth-order valence-corrected chi connectivity index (χ4v) is 6.73. The predicted molar refractivity (Wildman–Crippen MR) is 177 cm³/mol. The van der Waals surface area contributed by atoms with Crippen molar-refractivity contribution in [1.29, 1.82) is 0 Å². The van der Waals surface area contributed by atoms with Crippen molar-refractivity contribution < 1.29 is 42.0 Å². The maximum Gasteiger partial charge on any atom is 0.490 e. The highest BCUT2D eigenvalue weighted by molar-refractivity contribution is 5.84. The fourth-order valence-electron chi connectivity index (χ4n) is 6.73. The molecule has 0 bridgehead atoms. The first-order valence-electron chi connectivity index (χ1n) is 16.4. The number of hydrogen-bond acceptors (Lipinski definition) is 10. The number of nitrogens with one attached hydrogen (secondary N) is 1. The summed E-state index contributed by atoms with van der Waals surface area (Å²) >= 11 is 0. The second-order valence-electron chi connectivity index (χ2n) is 12.5. The number of alkyl halides is 3. The maximum absolute atomic E-state index is 13.6. The summed E-state index contributed by atoms with van der Waals surface area (Å²) in [6, 6.07) is 26.2. The summed E-state index contributed by atoms with van der Waals surface area (Å²) in [5.41, 5.74) is 3.57. The average Bonchev–Trinajstić information content (AvgIpc) is 3.87. The number of anilines is 2. The van der Waals surface area contributed by atoms with Crippen LogP contribution in [0.15, 0.2) is 91.3 Å². The molecule has 0 unspecified atom stereocenters. The number of esters is 1. The third-order valence-electron chi connectivity index (χ3n) is 9.34. The van der Waals surface area contributed by atoms with E-state index < -0.39 is 43.3 Å². The zero-order valence-electron chi connectivity index (χ0n) is 27.0. The number of hydrogen-bond donors (Lipinski definition) is 3. The van der Waals surface area contributed by atoms with Crippen LogP contribution in [0.5, 0.6) is 0 Å². The van der Waals surface area contributed by atoms with Gasteiger partial charge in [-0.3, -0.25) is 4.57 Å². The Morgan fingerprint density at radius 2 is 1.67 bits per heavy atom. The number of ether oxygens (including phenoxy) is 2. The van der Waals surface area contributed by atoms with Crippen molar-refractivity contribution in [3.63, 3.8) is 0 Å². The molecule has 2 aromatic heterocycles. The lowest BCUT2D eigenvalue weighted by molar-refractivity contribution is -0.210. The minimum atomic E-state index is -5.32. The standard InChI is InChI=1S/C36H34F4N6O5/c37-25-13-11-21(12-14-25)24-15-16-45(18-24)35-43-31(41-17-26(22-7-3-1-4-8-22)23-9-5-2-6-10-23)28-32(44-35)46(20-42-28)33-29(48)30(27(19-47)50-33)51-34(49)36(38,39)40/h1-14,20,24,26-27,29-30,33,47-48H,15-19H2,(H,41,43,44)/t24-,27+,29+,30+,33+/m0/s1. The summed E-state index contributed by atoms with van der Waals surface area (Å²) in [5, 5.41) is 24.5. The average molecular weight is 707 g/mol. The molecule has 7 rings (SSSR count). The lowest BCUT2D eigenvalue weighted by Gasteiger charge is -2.22. The van der Waals surface area contributed by atoms with Crippen LogP contribution in [0.25, 0.3) is 11.2 Å². The number of carbonyl (C=O) groups excluding carboxylic acids is 1. The number of aliphatic hydroxyl groups excluding tert-OH is 2. The third kappa shape index (κ3) is 7.09. The number of imidazole rings is 1. The molecule has 4 heterocycles. The molecule has 266 valence electrons. The van der Waals surface area contributed by atoms with Crippen LogP contribution in [0.4, 0.5) is 29.3 Å². The number of halogens is 4. The van der Waals surface area contributed by atoms with Gasteiger partial charge in [0, 0.05) is 31.5 Å². The fraction of sp³-hybridized carbons (Fsp3) is 0.333. The monoisotopic (exact) mass is 706 g/mol. The van der Waals surface area contributed by atoms with Crippen LogP contribution in [0.2, 0.25) is 0 Å². The molecule has 3 aromatic carbocycles. The number of rotatable bonds is 10. The highest BCUT2D eigenvalue weighted by Crippen LogP contribution is 2.37. The molecule has 2 aliphatic heterocycles. The summed E-state index contributed by atoms with van der Waals surface area (Å²) in [6.45, 7) is 0.658. The molecule has 0 aliphatic carbocycles. The summed E-state index contributed by atoms with van der Waals surface area (Å²) in [4.78, 5) is 27.8. The topological polar surface area (TPSA) is 135 Å². The van der Waals surface area contributed by atoms with Crippen molar-refractivity contribution in [2.24, 2.45) is 0 Å². The molecule has 0 spiro atoms. The minimum Gasteiger partial charge on any atom is -0.450 e. The second kappa shape index (κ2) is 14.2. The van der Waals surface area contributed by atoms with E-state index in [1.165, 1.54) is 23.0 Å². The van der Waals surface area contributed by atoms with Gasteiger partial charge in [-0.1, -0.05) is 72.8 Å². The molecule has 2 fully saturated rings. The Morgan fingerprint density at radius 3 is 2.29 bits per heavy atom. The molecule has 2 aliphatic rings. The Morgan fingerprint density at radius 1 is 1.00 bits per heavy atom. The van der Waals surface area contributed by atoms with Crippen LogP contribution in [-0.2, 0) is 14.3 Å². The van der Waals surface area contributed by atoms with Crippen molar-refractivity contribution in [1.82, 2.24) is 19.5 Å². The zero-order valence-corrected chi connectivity index (χ0v) is 27.0. The largest absolute Gasteiger partial charge is 0.490 e. The van der Waals surface area contributed by atoms with E-state index in [1.807, 2.05) is 65.6 Å². The van der Waals surface area contributed by atoms with Crippen LogP contribution >= 0.6 is 0 Å². The Bertz CT molecular complexity index is 1930. The van der Waals surface area contributed by atoms with E-state index in [9.17, 15) is 32.6 Å². The zero-order chi connectivity index (χ0) is 35.7. The maximum atomic E-state index is 13.6. The van der Waals surface area contributed by atoms with Gasteiger partial charge in [0.05, 0.1) is 12.9 Å². The van der Waals surface area contributed by atoms with Gasteiger partial charge in [-0.2, -0.15) is 23.1 Å². The van der Waals surface area contributed by atoms with Crippen LogP contribution in [0.3, 0.4) is 0 Å². The molecule has 15 heteroatoms. The summed E-state index contributed by atoms with van der Waals surface area (Å²) in [5.74, 6) is -2.18. The number of carbonyl (C=O) groups is 1. The van der Waals surface area contributed by atoms with Crippen LogP contribution in [0.1, 0.15) is 41.2 Å². The number of nitrogens with zero attached hydrogens (tertiary/aromatic N) is 5. The first kappa shape index (κ1) is 34.3. The van der Waals surface area contributed by atoms with Gasteiger partial charge >= 0.3 is 12.1 Å². The van der Waals surface area contributed by atoms with E-state index in [0.29, 0.717) is 36.9 Å². The van der Waals surface area contributed by atoms with E-state index >= 15 is 0 Å². The van der Waals surface area contributed by atoms with Gasteiger partial charge < -0.3 is 29.9 Å². The van der Waals surface area contributed by atoms with Gasteiger partial charge in [-0.25, -0.2) is 14.2 Å². The van der Waals surface area contributed by atoms with Gasteiger partial charge in [0.15, 0.2) is 29.3 Å². The third-order valence-corrected chi connectivity index (χ3v) is 9.34. The van der Waals surface area contributed by atoms with Crippen LogP contribution in [0, 0.1) is 5.82 Å². The lowest BCUT2D eigenvalue weighted by atomic mass is 9.91. The SMILES string of the molecule is O=C(O[C@H]1[C@@H](O)[C@H](n2cnc3c(NCC(c4ccccc4)c4ccccc4)nc(N4CC[C@H](c5ccc(F)cc5)C4)nc32)O[C@@H]1CO)C(F)(F)F. The summed E-state index contributed by atoms with van der Waals surface area (Å²) in [6.07, 6.45) is -9.77. The van der Waals surface area contributed by atoms with Crippen LogP contribution < -0.4 is 10.2 Å². The number of aromatic nitrogens is 4. The molecule has 0 radical (unpaired) electrons. The van der Waals surface area contributed by atoms with E-state index in [4.69, 9.17) is 14.7 Å². The molecule has 2 saturated heterocycles. The van der Waals surface area contributed by atoms with Crippen molar-refractivity contribution in [2.45, 2.75) is 49.0 Å². The number of benzene rings is 3. The number of fused-ring (bicyclic) bond motifs is 1. The van der Waals surface area contributed by atoms with Crippen LogP contribution in [-0.4, -0.2) is 86.4 Å². The normalized spacial score (nSPS) is 22.2. The highest BCUT2D eigenvalue weighted by atomic mass is 19.4. The first-order chi connectivity index (χ1) is 24.6. The van der Waals surface area contributed by atoms with Gasteiger partial charge in [-0.15, -0.1) is 0 Å². The van der Waals surface area contributed by atoms with Crippen molar-refractivity contribution in [3.8, 4) is 0 Å². The van der Waals surface area contributed by atoms with Crippen molar-refractivity contribution >= 4 is 28.9 Å². The molecular formula is C36H34F4N6O5. The van der Waals surface area contributed by atoms with E-state index in [0.717, 1.165) is 23.1 Å². The summed E-state index contributed by atoms with van der Waals surface area (Å²) in [7, 11) is 0. The predicted octanol–water partition coefficient (Wildman–Crippen LogP) is 4.93. The molecule has 0 amide bonds. The Labute approximate surface area is 289 Å². The Hall–Kier alpha value is -5.12. The van der Waals surface area contributed by atoms with Crippen molar-refractivity contribution in [3.05, 3.63) is 114 Å². The van der Waals surface area contributed by atoms with Gasteiger partial charge in [0.2, 0.25) is 5.95 Å². The molecular weight excluding hydrogens is 672 g/mol. The molecule has 3 N–H and O–H groups in total. The van der Waals surface area contributed by atoms with E-state index in [-0.39, 0.29) is 23.3 Å². The first-order valence-corrected chi connectivity index (χ1v) is 16.4. The summed E-state index contributed by atoms with van der Waals surface area (Å²) < 4.78 is 64.5. The molecule has 51 heavy (non-hydrogen) atoms. The minimum absolute atomic E-state index is 0.0705. The highest BCUT2D eigenvalue weighted by Gasteiger charge is 2.51. The quantitative estimate of drug-likeness (QED) is 0.136. The Kier molecular flexibility index (Phi) is 9.59. The lowest BCUT2D eigenvalue weighted by Crippen LogP contribution is -2.41.